The number of nitrogens with one attached hydrogen (secondary N) is 2. The molecule has 158 valence electrons. The smallest absolute Gasteiger partial charge is 0.191 e. The highest BCUT2D eigenvalue weighted by molar-refractivity contribution is 7.09. The summed E-state index contributed by atoms with van der Waals surface area (Å²) in [5.74, 6) is 1.97. The van der Waals surface area contributed by atoms with Gasteiger partial charge in [-0.2, -0.15) is 0 Å². The van der Waals surface area contributed by atoms with Gasteiger partial charge in [0.2, 0.25) is 0 Å². The van der Waals surface area contributed by atoms with Gasteiger partial charge in [0, 0.05) is 55.6 Å². The Morgan fingerprint density at radius 1 is 1.24 bits per heavy atom. The summed E-state index contributed by atoms with van der Waals surface area (Å²) in [4.78, 5) is 16.2. The third kappa shape index (κ3) is 6.16. The summed E-state index contributed by atoms with van der Waals surface area (Å²) in [5.41, 5.74) is 2.36. The number of aromatic nitrogens is 2. The number of aliphatic imine (C=N–C) groups is 1. The summed E-state index contributed by atoms with van der Waals surface area (Å²) < 4.78 is 0. The van der Waals surface area contributed by atoms with E-state index in [0.717, 1.165) is 56.4 Å². The molecule has 2 aromatic rings. The Bertz CT molecular complexity index is 815. The van der Waals surface area contributed by atoms with Crippen molar-refractivity contribution in [2.75, 3.05) is 31.6 Å². The highest BCUT2D eigenvalue weighted by Gasteiger charge is 2.21. The van der Waals surface area contributed by atoms with Gasteiger partial charge >= 0.3 is 0 Å². The van der Waals surface area contributed by atoms with E-state index in [2.05, 4.69) is 63.8 Å². The molecule has 0 aromatic carbocycles. The predicted octanol–water partition coefficient (Wildman–Crippen LogP) is 3.52. The molecule has 1 fully saturated rings. The highest BCUT2D eigenvalue weighted by atomic mass is 32.1. The third-order valence-corrected chi connectivity index (χ3v) is 6.12. The van der Waals surface area contributed by atoms with E-state index in [4.69, 9.17) is 4.98 Å². The fourth-order valence-electron chi connectivity index (χ4n) is 3.40. The second-order valence-electron chi connectivity index (χ2n) is 8.67. The van der Waals surface area contributed by atoms with Crippen LogP contribution in [0, 0.1) is 6.92 Å². The summed E-state index contributed by atoms with van der Waals surface area (Å²) in [7, 11) is 1.84. The lowest BCUT2D eigenvalue weighted by atomic mass is 9.93. The summed E-state index contributed by atoms with van der Waals surface area (Å²) >= 11 is 1.75. The SMILES string of the molecule is CN=C(NCCc1nc(C(C)(C)C)cs1)NC1CCN(c2cccc(C)n2)CC1. The van der Waals surface area contributed by atoms with Gasteiger partial charge in [-0.3, -0.25) is 4.99 Å². The Balaban J connectivity index is 1.42. The van der Waals surface area contributed by atoms with Gasteiger partial charge in [-0.1, -0.05) is 26.8 Å². The second kappa shape index (κ2) is 9.57. The van der Waals surface area contributed by atoms with Gasteiger partial charge in [-0.05, 0) is 31.9 Å². The molecule has 3 rings (SSSR count). The zero-order chi connectivity index (χ0) is 20.9. The van der Waals surface area contributed by atoms with Gasteiger partial charge in [0.15, 0.2) is 5.96 Å². The van der Waals surface area contributed by atoms with Crippen LogP contribution in [0.15, 0.2) is 28.6 Å². The molecule has 0 atom stereocenters. The molecular formula is C22H34N6S. The van der Waals surface area contributed by atoms with Gasteiger partial charge in [-0.15, -0.1) is 11.3 Å². The number of aryl methyl sites for hydroxylation is 1. The first-order valence-corrected chi connectivity index (χ1v) is 11.3. The molecule has 0 amide bonds. The highest BCUT2D eigenvalue weighted by Crippen LogP contribution is 2.24. The van der Waals surface area contributed by atoms with E-state index in [1.165, 1.54) is 10.7 Å². The number of hydrogen-bond acceptors (Lipinski definition) is 5. The number of thiazole rings is 1. The number of hydrogen-bond donors (Lipinski definition) is 2. The third-order valence-electron chi connectivity index (χ3n) is 5.21. The molecule has 0 unspecified atom stereocenters. The molecule has 1 saturated heterocycles. The number of rotatable bonds is 5. The van der Waals surface area contributed by atoms with E-state index in [-0.39, 0.29) is 5.41 Å². The molecule has 0 spiro atoms. The van der Waals surface area contributed by atoms with E-state index in [1.54, 1.807) is 11.3 Å². The summed E-state index contributed by atoms with van der Waals surface area (Å²) in [5, 5.41) is 10.4. The largest absolute Gasteiger partial charge is 0.356 e. The molecule has 1 aliphatic rings. The monoisotopic (exact) mass is 414 g/mol. The molecule has 7 heteroatoms. The minimum Gasteiger partial charge on any atom is -0.356 e. The lowest BCUT2D eigenvalue weighted by Gasteiger charge is -2.34. The van der Waals surface area contributed by atoms with Crippen LogP contribution in [0.25, 0.3) is 0 Å². The molecule has 0 radical (unpaired) electrons. The van der Waals surface area contributed by atoms with Crippen molar-refractivity contribution >= 4 is 23.1 Å². The number of pyridine rings is 1. The van der Waals surface area contributed by atoms with Gasteiger partial charge in [0.05, 0.1) is 10.7 Å². The lowest BCUT2D eigenvalue weighted by molar-refractivity contribution is 0.459. The maximum Gasteiger partial charge on any atom is 0.191 e. The number of piperidine rings is 1. The molecule has 3 heterocycles. The van der Waals surface area contributed by atoms with Crippen LogP contribution < -0.4 is 15.5 Å². The first-order chi connectivity index (χ1) is 13.8. The van der Waals surface area contributed by atoms with Crippen LogP contribution in [0.5, 0.6) is 0 Å². The van der Waals surface area contributed by atoms with Crippen molar-refractivity contribution in [3.63, 3.8) is 0 Å². The van der Waals surface area contributed by atoms with Crippen molar-refractivity contribution in [1.29, 1.82) is 0 Å². The van der Waals surface area contributed by atoms with Crippen molar-refractivity contribution in [2.24, 2.45) is 4.99 Å². The molecule has 29 heavy (non-hydrogen) atoms. The average molecular weight is 415 g/mol. The topological polar surface area (TPSA) is 65.4 Å². The van der Waals surface area contributed by atoms with Crippen molar-refractivity contribution in [1.82, 2.24) is 20.6 Å². The molecule has 6 nitrogen and oxygen atoms in total. The average Bonchev–Trinajstić information content (AvgIpc) is 3.17. The maximum absolute atomic E-state index is 4.77. The van der Waals surface area contributed by atoms with Crippen LogP contribution in [0.1, 0.15) is 50.0 Å². The lowest BCUT2D eigenvalue weighted by Crippen LogP contribution is -2.49. The van der Waals surface area contributed by atoms with E-state index < -0.39 is 0 Å². The summed E-state index contributed by atoms with van der Waals surface area (Å²) in [6.07, 6.45) is 3.08. The van der Waals surface area contributed by atoms with Crippen LogP contribution in [-0.4, -0.2) is 48.7 Å². The summed E-state index contributed by atoms with van der Waals surface area (Å²) in [6.45, 7) is 11.5. The van der Waals surface area contributed by atoms with E-state index in [0.29, 0.717) is 6.04 Å². The first kappa shape index (κ1) is 21.6. The van der Waals surface area contributed by atoms with Crippen molar-refractivity contribution in [3.05, 3.63) is 40.0 Å². The minimum absolute atomic E-state index is 0.114. The fraction of sp³-hybridized carbons (Fsp3) is 0.591. The molecule has 2 N–H and O–H groups in total. The Morgan fingerprint density at radius 2 is 2.00 bits per heavy atom. The second-order valence-corrected chi connectivity index (χ2v) is 9.61. The molecule has 0 saturated carbocycles. The van der Waals surface area contributed by atoms with E-state index in [9.17, 15) is 0 Å². The zero-order valence-corrected chi connectivity index (χ0v) is 19.1. The molecule has 0 aliphatic carbocycles. The quantitative estimate of drug-likeness (QED) is 0.579. The Kier molecular flexibility index (Phi) is 7.11. The number of anilines is 1. The van der Waals surface area contributed by atoms with Crippen LogP contribution in [0.2, 0.25) is 0 Å². The van der Waals surface area contributed by atoms with Gasteiger partial charge < -0.3 is 15.5 Å². The van der Waals surface area contributed by atoms with Gasteiger partial charge in [0.1, 0.15) is 5.82 Å². The Hall–Kier alpha value is -2.15. The van der Waals surface area contributed by atoms with Crippen LogP contribution in [0.3, 0.4) is 0 Å². The van der Waals surface area contributed by atoms with E-state index >= 15 is 0 Å². The Morgan fingerprint density at radius 3 is 2.62 bits per heavy atom. The minimum atomic E-state index is 0.114. The fourth-order valence-corrected chi connectivity index (χ4v) is 4.43. The van der Waals surface area contributed by atoms with Gasteiger partial charge in [0.25, 0.3) is 0 Å². The molecule has 1 aliphatic heterocycles. The first-order valence-electron chi connectivity index (χ1n) is 10.5. The number of nitrogens with zero attached hydrogens (tertiary/aromatic N) is 4. The normalized spacial score (nSPS) is 16.2. The molecule has 0 bridgehead atoms. The van der Waals surface area contributed by atoms with Gasteiger partial charge in [-0.25, -0.2) is 9.97 Å². The zero-order valence-electron chi connectivity index (χ0n) is 18.3. The van der Waals surface area contributed by atoms with Crippen molar-refractivity contribution in [2.45, 2.75) is 58.4 Å². The van der Waals surface area contributed by atoms with Crippen LogP contribution in [0.4, 0.5) is 5.82 Å². The van der Waals surface area contributed by atoms with Crippen molar-refractivity contribution in [3.8, 4) is 0 Å². The Labute approximate surface area is 178 Å². The predicted molar refractivity (Wildman–Crippen MR) is 123 cm³/mol. The molecular weight excluding hydrogens is 380 g/mol. The summed E-state index contributed by atoms with van der Waals surface area (Å²) in [6, 6.07) is 6.67. The van der Waals surface area contributed by atoms with Crippen LogP contribution in [-0.2, 0) is 11.8 Å². The maximum atomic E-state index is 4.77. The standard InChI is InChI=1S/C22H34N6S/c1-16-7-6-8-19(25-16)28-13-10-17(11-14-28)26-21(23-5)24-12-9-20-27-18(15-29-20)22(2,3)4/h6-8,15,17H,9-14H2,1-5H3,(H2,23,24,26). The number of guanidine groups is 1. The van der Waals surface area contributed by atoms with Crippen LogP contribution >= 0.6 is 11.3 Å². The van der Waals surface area contributed by atoms with Crippen molar-refractivity contribution < 1.29 is 0 Å². The van der Waals surface area contributed by atoms with E-state index in [1.807, 2.05) is 20.0 Å². The molecule has 2 aromatic heterocycles.